The third-order valence-corrected chi connectivity index (χ3v) is 6.96. The topological polar surface area (TPSA) is 91.3 Å². The van der Waals surface area contributed by atoms with Crippen molar-refractivity contribution in [1.29, 1.82) is 5.41 Å². The summed E-state index contributed by atoms with van der Waals surface area (Å²) >= 11 is 1.49. The van der Waals surface area contributed by atoms with E-state index in [1.807, 2.05) is 29.0 Å². The number of nitrogens with zero attached hydrogens (tertiary/aromatic N) is 3. The van der Waals surface area contributed by atoms with E-state index in [1.54, 1.807) is 6.20 Å². The van der Waals surface area contributed by atoms with Gasteiger partial charge in [-0.3, -0.25) is 9.79 Å². The van der Waals surface area contributed by atoms with Gasteiger partial charge in [0.1, 0.15) is 5.82 Å². The maximum atomic E-state index is 12.6. The first-order valence-electron chi connectivity index (χ1n) is 11.1. The number of carboxylic acid groups (broad SMARTS) is 1. The van der Waals surface area contributed by atoms with Crippen LogP contribution in [-0.2, 0) is 17.8 Å². The van der Waals surface area contributed by atoms with E-state index in [-0.39, 0.29) is 12.1 Å². The molecule has 7 heteroatoms. The van der Waals surface area contributed by atoms with Gasteiger partial charge >= 0.3 is 5.97 Å². The molecule has 0 bridgehead atoms. The predicted molar refractivity (Wildman–Crippen MR) is 127 cm³/mol. The normalized spacial score (nSPS) is 15.5. The molecule has 31 heavy (non-hydrogen) atoms. The zero-order valence-corrected chi connectivity index (χ0v) is 19.0. The van der Waals surface area contributed by atoms with Gasteiger partial charge in [0.05, 0.1) is 5.04 Å². The number of aromatic nitrogens is 2. The quantitative estimate of drug-likeness (QED) is 0.336. The van der Waals surface area contributed by atoms with Crippen LogP contribution in [0.25, 0.3) is 0 Å². The van der Waals surface area contributed by atoms with Crippen LogP contribution in [0.1, 0.15) is 56.8 Å². The minimum atomic E-state index is -1.34. The molecule has 0 aliphatic carbocycles. The molecule has 1 aromatic heterocycles. The summed E-state index contributed by atoms with van der Waals surface area (Å²) in [6.07, 6.45) is 9.42. The van der Waals surface area contributed by atoms with Gasteiger partial charge in [0.25, 0.3) is 0 Å². The summed E-state index contributed by atoms with van der Waals surface area (Å²) < 4.78 is 2.00. The summed E-state index contributed by atoms with van der Waals surface area (Å²) in [6, 6.07) is 10.1. The van der Waals surface area contributed by atoms with E-state index in [2.05, 4.69) is 29.0 Å². The number of carboxylic acids is 1. The van der Waals surface area contributed by atoms with Crippen LogP contribution in [-0.4, -0.2) is 43.7 Å². The van der Waals surface area contributed by atoms with Crippen molar-refractivity contribution in [1.82, 2.24) is 9.55 Å². The number of aliphatic imine (C=N–C) groups is 1. The number of hydrogen-bond donors (Lipinski definition) is 2. The number of hydrogen-bond acceptors (Lipinski definition) is 5. The molecule has 166 valence electrons. The van der Waals surface area contributed by atoms with E-state index in [4.69, 9.17) is 5.41 Å². The van der Waals surface area contributed by atoms with Crippen LogP contribution < -0.4 is 0 Å². The van der Waals surface area contributed by atoms with Crippen LogP contribution in [0.15, 0.2) is 47.7 Å². The fourth-order valence-corrected chi connectivity index (χ4v) is 5.16. The van der Waals surface area contributed by atoms with Crippen LogP contribution in [0.5, 0.6) is 0 Å². The van der Waals surface area contributed by atoms with Gasteiger partial charge < -0.3 is 15.1 Å². The lowest BCUT2D eigenvalue weighted by molar-refractivity contribution is -0.142. The first-order valence-corrected chi connectivity index (χ1v) is 12.1. The third-order valence-electron chi connectivity index (χ3n) is 5.82. The lowest BCUT2D eigenvalue weighted by Crippen LogP contribution is -2.45. The molecule has 0 amide bonds. The smallest absolute Gasteiger partial charge is 0.322 e. The second-order valence-electron chi connectivity index (χ2n) is 8.02. The predicted octanol–water partition coefficient (Wildman–Crippen LogP) is 5.07. The highest BCUT2D eigenvalue weighted by molar-refractivity contribution is 8.14. The van der Waals surface area contributed by atoms with Crippen LogP contribution >= 0.6 is 11.8 Å². The van der Waals surface area contributed by atoms with Gasteiger partial charge in [-0.2, -0.15) is 0 Å². The number of carbonyl (C=O) groups is 1. The monoisotopic (exact) mass is 440 g/mol. The van der Waals surface area contributed by atoms with Crippen molar-refractivity contribution in [2.75, 3.05) is 12.3 Å². The Bertz CT molecular complexity index is 909. The van der Waals surface area contributed by atoms with Crippen molar-refractivity contribution in [3.05, 3.63) is 54.1 Å². The van der Waals surface area contributed by atoms with Gasteiger partial charge in [0.2, 0.25) is 0 Å². The van der Waals surface area contributed by atoms with Gasteiger partial charge in [-0.15, -0.1) is 11.8 Å². The van der Waals surface area contributed by atoms with E-state index in [0.717, 1.165) is 43.4 Å². The second-order valence-corrected chi connectivity index (χ2v) is 9.11. The van der Waals surface area contributed by atoms with Crippen molar-refractivity contribution < 1.29 is 9.90 Å². The first kappa shape index (κ1) is 23.3. The SMILES string of the molecule is CCCCCCCC(C(=N)Cc1nccn1Cc1ccccc1)(C(=O)O)C1=NCCS1. The number of aliphatic carboxylic acids is 1. The van der Waals surface area contributed by atoms with E-state index in [0.29, 0.717) is 30.4 Å². The average molecular weight is 441 g/mol. The summed E-state index contributed by atoms with van der Waals surface area (Å²) in [7, 11) is 0. The van der Waals surface area contributed by atoms with Gasteiger partial charge in [-0.05, 0) is 12.0 Å². The molecule has 0 saturated carbocycles. The number of unbranched alkanes of at least 4 members (excludes halogenated alkanes) is 4. The molecule has 2 aromatic rings. The van der Waals surface area contributed by atoms with Gasteiger partial charge in [0, 0.05) is 43.4 Å². The van der Waals surface area contributed by atoms with E-state index in [9.17, 15) is 9.90 Å². The number of imidazole rings is 1. The minimum Gasteiger partial charge on any atom is -0.480 e. The molecule has 0 saturated heterocycles. The fourth-order valence-electron chi connectivity index (χ4n) is 4.04. The van der Waals surface area contributed by atoms with Crippen molar-refractivity contribution in [2.24, 2.45) is 10.4 Å². The molecule has 3 rings (SSSR count). The number of benzene rings is 1. The Morgan fingerprint density at radius 3 is 2.68 bits per heavy atom. The highest BCUT2D eigenvalue weighted by Crippen LogP contribution is 2.37. The van der Waals surface area contributed by atoms with Gasteiger partial charge in [0.15, 0.2) is 5.41 Å². The molecule has 0 fully saturated rings. The summed E-state index contributed by atoms with van der Waals surface area (Å²) in [5, 5.41) is 19.9. The maximum Gasteiger partial charge on any atom is 0.322 e. The molecule has 1 aliphatic heterocycles. The third kappa shape index (κ3) is 5.64. The van der Waals surface area contributed by atoms with E-state index in [1.165, 1.54) is 11.8 Å². The Morgan fingerprint density at radius 2 is 2.00 bits per heavy atom. The lowest BCUT2D eigenvalue weighted by atomic mass is 9.77. The zero-order valence-electron chi connectivity index (χ0n) is 18.2. The number of rotatable bonds is 13. The first-order chi connectivity index (χ1) is 15.1. The van der Waals surface area contributed by atoms with Crippen molar-refractivity contribution in [3.63, 3.8) is 0 Å². The van der Waals surface area contributed by atoms with Crippen LogP contribution in [0.2, 0.25) is 0 Å². The summed E-state index contributed by atoms with van der Waals surface area (Å²) in [4.78, 5) is 21.6. The van der Waals surface area contributed by atoms with Crippen molar-refractivity contribution in [2.45, 2.75) is 58.4 Å². The molecule has 0 radical (unpaired) electrons. The highest BCUT2D eigenvalue weighted by atomic mass is 32.2. The molecular weight excluding hydrogens is 408 g/mol. The van der Waals surface area contributed by atoms with Crippen molar-refractivity contribution >= 4 is 28.5 Å². The Hall–Kier alpha value is -2.41. The molecular formula is C24H32N4O2S. The molecule has 1 aliphatic rings. The Morgan fingerprint density at radius 1 is 1.23 bits per heavy atom. The molecule has 2 N–H and O–H groups in total. The Kier molecular flexibility index (Phi) is 8.46. The van der Waals surface area contributed by atoms with E-state index >= 15 is 0 Å². The minimum absolute atomic E-state index is 0.184. The second kappa shape index (κ2) is 11.3. The van der Waals surface area contributed by atoms with Gasteiger partial charge in [-0.25, -0.2) is 4.98 Å². The molecule has 1 aromatic carbocycles. The summed E-state index contributed by atoms with van der Waals surface area (Å²) in [5.41, 5.74) is -0.00901. The highest BCUT2D eigenvalue weighted by Gasteiger charge is 2.48. The zero-order chi connectivity index (χ0) is 22.1. The van der Waals surface area contributed by atoms with E-state index < -0.39 is 11.4 Å². The van der Waals surface area contributed by atoms with Crippen LogP contribution in [0.3, 0.4) is 0 Å². The summed E-state index contributed by atoms with van der Waals surface area (Å²) in [5.74, 6) is 0.548. The Balaban J connectivity index is 1.80. The molecule has 1 atom stereocenters. The van der Waals surface area contributed by atoms with Crippen LogP contribution in [0, 0.1) is 10.8 Å². The average Bonchev–Trinajstić information content (AvgIpc) is 3.44. The van der Waals surface area contributed by atoms with Gasteiger partial charge in [-0.1, -0.05) is 69.4 Å². The lowest BCUT2D eigenvalue weighted by Gasteiger charge is -2.30. The number of thioether (sulfide) groups is 1. The summed E-state index contributed by atoms with van der Waals surface area (Å²) in [6.45, 7) is 3.44. The molecule has 0 spiro atoms. The standard InChI is InChI=1S/C24H32N4O2S/c1-2-3-4-5-9-12-24(23(29)30,22-27-14-16-31-22)20(25)17-21-26-13-15-28(21)18-19-10-7-6-8-11-19/h6-8,10-11,13,15,25H,2-5,9,12,14,16-18H2,1H3,(H,29,30). The Labute approximate surface area is 188 Å². The largest absolute Gasteiger partial charge is 0.480 e. The van der Waals surface area contributed by atoms with Crippen LogP contribution in [0.4, 0.5) is 0 Å². The number of nitrogens with one attached hydrogen (secondary N) is 1. The maximum absolute atomic E-state index is 12.6. The molecule has 6 nitrogen and oxygen atoms in total. The molecule has 1 unspecified atom stereocenters. The molecule has 2 heterocycles. The van der Waals surface area contributed by atoms with Crippen molar-refractivity contribution in [3.8, 4) is 0 Å². The fraction of sp³-hybridized carbons (Fsp3) is 0.500.